The van der Waals surface area contributed by atoms with Crippen molar-refractivity contribution in [1.82, 2.24) is 0 Å². The number of hydrogen-bond donors (Lipinski definition) is 0. The summed E-state index contributed by atoms with van der Waals surface area (Å²) in [4.78, 5) is 9.21. The number of hydrogen-bond acceptors (Lipinski definition) is 2. The fraction of sp³-hybridized carbons (Fsp3) is 0.238. The molecule has 1 aliphatic carbocycles. The van der Waals surface area contributed by atoms with Crippen LogP contribution in [0.5, 0.6) is 0 Å². The number of benzene rings is 2. The fourth-order valence-corrected chi connectivity index (χ4v) is 2.78. The summed E-state index contributed by atoms with van der Waals surface area (Å²) in [6.07, 6.45) is 7.91. The molecule has 0 aromatic heterocycles. The van der Waals surface area contributed by atoms with E-state index in [0.717, 1.165) is 11.4 Å². The summed E-state index contributed by atoms with van der Waals surface area (Å²) in [5, 5.41) is 0. The fourth-order valence-electron chi connectivity index (χ4n) is 2.78. The summed E-state index contributed by atoms with van der Waals surface area (Å²) in [6.45, 7) is 0. The topological polar surface area (TPSA) is 24.7 Å². The van der Waals surface area contributed by atoms with Crippen molar-refractivity contribution >= 4 is 23.8 Å². The van der Waals surface area contributed by atoms with Gasteiger partial charge in [0.2, 0.25) is 0 Å². The van der Waals surface area contributed by atoms with Crippen LogP contribution in [0.3, 0.4) is 0 Å². The summed E-state index contributed by atoms with van der Waals surface area (Å²) in [5.74, 6) is 1.02. The molecule has 0 spiro atoms. The first kappa shape index (κ1) is 22.3. The SMILES string of the molecule is C(=Nc1ccccc1)C1CCCC1C=Nc1ccccc1.[CH3-].[CH3-].[Ni+2]. The van der Waals surface area contributed by atoms with Gasteiger partial charge in [0.15, 0.2) is 0 Å². The summed E-state index contributed by atoms with van der Waals surface area (Å²) >= 11 is 0. The molecule has 0 bridgehead atoms. The van der Waals surface area contributed by atoms with E-state index in [0.29, 0.717) is 11.8 Å². The minimum absolute atomic E-state index is 0. The van der Waals surface area contributed by atoms with Gasteiger partial charge in [-0.1, -0.05) is 42.8 Å². The molecule has 0 amide bonds. The van der Waals surface area contributed by atoms with Crippen molar-refractivity contribution in [3.05, 3.63) is 75.5 Å². The van der Waals surface area contributed by atoms with Crippen LogP contribution >= 0.6 is 0 Å². The Morgan fingerprint density at radius 1 is 0.667 bits per heavy atom. The molecule has 0 saturated heterocycles. The van der Waals surface area contributed by atoms with Gasteiger partial charge < -0.3 is 14.9 Å². The molecule has 2 aromatic carbocycles. The third-order valence-electron chi connectivity index (χ3n) is 3.97. The van der Waals surface area contributed by atoms with E-state index in [1.54, 1.807) is 0 Å². The number of nitrogens with zero attached hydrogens (tertiary/aromatic N) is 2. The van der Waals surface area contributed by atoms with Gasteiger partial charge in [0.1, 0.15) is 0 Å². The van der Waals surface area contributed by atoms with Gasteiger partial charge in [-0.25, -0.2) is 0 Å². The summed E-state index contributed by atoms with van der Waals surface area (Å²) in [6, 6.07) is 20.3. The van der Waals surface area contributed by atoms with Crippen molar-refractivity contribution in [2.75, 3.05) is 0 Å². The van der Waals surface area contributed by atoms with Crippen molar-refractivity contribution in [3.8, 4) is 0 Å². The molecule has 1 fully saturated rings. The van der Waals surface area contributed by atoms with Gasteiger partial charge >= 0.3 is 16.5 Å². The maximum Gasteiger partial charge on any atom is 2.00 e. The molecule has 2 aromatic rings. The van der Waals surface area contributed by atoms with Crippen LogP contribution < -0.4 is 0 Å². The summed E-state index contributed by atoms with van der Waals surface area (Å²) in [5.41, 5.74) is 2.06. The van der Waals surface area contributed by atoms with E-state index in [1.165, 1.54) is 19.3 Å². The Kier molecular flexibility index (Phi) is 10.9. The van der Waals surface area contributed by atoms with Crippen LogP contribution in [0.15, 0.2) is 70.6 Å². The van der Waals surface area contributed by atoms with Crippen molar-refractivity contribution in [2.45, 2.75) is 19.3 Å². The van der Waals surface area contributed by atoms with Gasteiger partial charge in [-0.3, -0.25) is 9.98 Å². The second-order valence-corrected chi connectivity index (χ2v) is 5.49. The largest absolute Gasteiger partial charge is 2.00 e. The van der Waals surface area contributed by atoms with E-state index < -0.39 is 0 Å². The zero-order chi connectivity index (χ0) is 14.3. The van der Waals surface area contributed by atoms with Gasteiger partial charge in [-0.2, -0.15) is 0 Å². The van der Waals surface area contributed by atoms with E-state index in [2.05, 4.69) is 22.4 Å². The number of aliphatic imine (C=N–C) groups is 2. The van der Waals surface area contributed by atoms with Gasteiger partial charge in [0.05, 0.1) is 11.4 Å². The van der Waals surface area contributed by atoms with Gasteiger partial charge in [0.25, 0.3) is 0 Å². The molecule has 2 unspecified atom stereocenters. The van der Waals surface area contributed by atoms with E-state index in [1.807, 2.05) is 60.7 Å². The molecule has 3 heteroatoms. The molecule has 2 nitrogen and oxygen atoms in total. The molecular weight excluding hydrogens is 339 g/mol. The Morgan fingerprint density at radius 3 is 1.42 bits per heavy atom. The maximum atomic E-state index is 4.61. The Hall–Kier alpha value is -1.73. The Balaban J connectivity index is 0.00000176. The summed E-state index contributed by atoms with van der Waals surface area (Å²) in [7, 11) is 0. The van der Waals surface area contributed by atoms with Gasteiger partial charge in [-0.15, -0.1) is 0 Å². The van der Waals surface area contributed by atoms with Crippen LogP contribution in [0.2, 0.25) is 0 Å². The van der Waals surface area contributed by atoms with Crippen LogP contribution in [-0.2, 0) is 16.5 Å². The second-order valence-electron chi connectivity index (χ2n) is 5.49. The van der Waals surface area contributed by atoms with Gasteiger partial charge in [-0.05, 0) is 37.1 Å². The predicted molar refractivity (Wildman–Crippen MR) is 103 cm³/mol. The molecule has 0 heterocycles. The van der Waals surface area contributed by atoms with Crippen LogP contribution in [0.25, 0.3) is 0 Å². The maximum absolute atomic E-state index is 4.61. The molecule has 0 aliphatic heterocycles. The normalized spacial score (nSPS) is 19.5. The summed E-state index contributed by atoms with van der Waals surface area (Å²) < 4.78 is 0. The van der Waals surface area contributed by atoms with E-state index in [4.69, 9.17) is 0 Å². The zero-order valence-electron chi connectivity index (χ0n) is 14.4. The first-order chi connectivity index (χ1) is 10.4. The first-order valence-electron chi connectivity index (χ1n) is 7.60. The number of para-hydroxylation sites is 2. The minimum Gasteiger partial charge on any atom is -0.358 e. The molecular formula is C21H26N2Ni. The third-order valence-corrected chi connectivity index (χ3v) is 3.97. The van der Waals surface area contributed by atoms with Crippen molar-refractivity contribution in [2.24, 2.45) is 21.8 Å². The minimum atomic E-state index is 0. The molecule has 2 atom stereocenters. The molecule has 0 N–H and O–H groups in total. The monoisotopic (exact) mass is 364 g/mol. The average molecular weight is 365 g/mol. The zero-order valence-corrected chi connectivity index (χ0v) is 15.4. The van der Waals surface area contributed by atoms with E-state index in [9.17, 15) is 0 Å². The Morgan fingerprint density at radius 2 is 1.04 bits per heavy atom. The first-order valence-corrected chi connectivity index (χ1v) is 7.60. The van der Waals surface area contributed by atoms with Gasteiger partial charge in [0, 0.05) is 24.3 Å². The van der Waals surface area contributed by atoms with Crippen molar-refractivity contribution in [1.29, 1.82) is 0 Å². The Labute approximate surface area is 157 Å². The molecule has 0 radical (unpaired) electrons. The van der Waals surface area contributed by atoms with E-state index >= 15 is 0 Å². The van der Waals surface area contributed by atoms with Crippen molar-refractivity contribution < 1.29 is 16.5 Å². The quantitative estimate of drug-likeness (QED) is 0.355. The molecule has 3 rings (SSSR count). The Bertz CT molecular complexity index is 553. The average Bonchev–Trinajstić information content (AvgIpc) is 3.00. The smallest absolute Gasteiger partial charge is 0.358 e. The predicted octanol–water partition coefficient (Wildman–Crippen LogP) is 6.11. The van der Waals surface area contributed by atoms with Crippen LogP contribution in [0.4, 0.5) is 11.4 Å². The standard InChI is InChI=1S/C19H20N2.2CH3.Ni/c1-3-10-18(11-4-1)20-14-16-8-7-9-17(16)15-21-19-12-5-2-6-13-19;;;/h1-6,10-17H,7-9H2;2*1H3;/q;2*-1;+2. The molecule has 130 valence electrons. The molecule has 24 heavy (non-hydrogen) atoms. The van der Waals surface area contributed by atoms with Crippen molar-refractivity contribution in [3.63, 3.8) is 0 Å². The van der Waals surface area contributed by atoms with E-state index in [-0.39, 0.29) is 31.3 Å². The van der Waals surface area contributed by atoms with Crippen LogP contribution in [0, 0.1) is 26.7 Å². The van der Waals surface area contributed by atoms with Crippen LogP contribution in [0.1, 0.15) is 19.3 Å². The second kappa shape index (κ2) is 11.8. The third kappa shape index (κ3) is 6.41. The molecule has 1 saturated carbocycles. The molecule has 1 aliphatic rings. The number of rotatable bonds is 4. The van der Waals surface area contributed by atoms with Crippen LogP contribution in [-0.4, -0.2) is 12.4 Å².